The van der Waals surface area contributed by atoms with E-state index in [9.17, 15) is 8.42 Å². The lowest BCUT2D eigenvalue weighted by atomic mass is 10.1. The third kappa shape index (κ3) is 2.68. The van der Waals surface area contributed by atoms with Gasteiger partial charge in [-0.15, -0.1) is 11.3 Å². The summed E-state index contributed by atoms with van der Waals surface area (Å²) in [4.78, 5) is 0. The summed E-state index contributed by atoms with van der Waals surface area (Å²) in [6.07, 6.45) is 0. The Hall–Kier alpha value is -2.64. The average Bonchev–Trinajstić information content (AvgIpc) is 3.25. The number of H-pyrrole nitrogens is 1. The van der Waals surface area contributed by atoms with Gasteiger partial charge in [0.1, 0.15) is 4.21 Å². The summed E-state index contributed by atoms with van der Waals surface area (Å²) in [6.45, 7) is 0. The molecule has 0 bridgehead atoms. The lowest BCUT2D eigenvalue weighted by Crippen LogP contribution is -2.11. The van der Waals surface area contributed by atoms with E-state index in [1.54, 1.807) is 29.6 Å². The van der Waals surface area contributed by atoms with Crippen LogP contribution in [0.5, 0.6) is 0 Å². The standard InChI is InChI=1S/C17H13N3O2S2/c21-24(22,16-7-4-10-23-16)20-13-8-9-15-14(11-13)17(19-18-15)12-5-2-1-3-6-12/h1-11,20H,(H,18,19). The van der Waals surface area contributed by atoms with Gasteiger partial charge in [0.05, 0.1) is 11.2 Å². The van der Waals surface area contributed by atoms with E-state index < -0.39 is 10.0 Å². The molecule has 0 fully saturated rings. The van der Waals surface area contributed by atoms with Gasteiger partial charge in [-0.2, -0.15) is 5.10 Å². The van der Waals surface area contributed by atoms with Gasteiger partial charge in [-0.25, -0.2) is 8.42 Å². The fourth-order valence-electron chi connectivity index (χ4n) is 2.52. The number of thiophene rings is 1. The quantitative estimate of drug-likeness (QED) is 0.579. The summed E-state index contributed by atoms with van der Waals surface area (Å²) in [7, 11) is -3.56. The SMILES string of the molecule is O=S(=O)(Nc1ccc2[nH]nc(-c3ccccc3)c2c1)c1cccs1. The molecule has 0 saturated carbocycles. The molecule has 0 aliphatic heterocycles. The van der Waals surface area contributed by atoms with Gasteiger partial charge in [0, 0.05) is 16.6 Å². The first kappa shape index (κ1) is 14.9. The zero-order valence-corrected chi connectivity index (χ0v) is 14.1. The number of aromatic amines is 1. The number of sulfonamides is 1. The van der Waals surface area contributed by atoms with Crippen LogP contribution in [0.2, 0.25) is 0 Å². The second-order valence-electron chi connectivity index (χ2n) is 5.24. The van der Waals surface area contributed by atoms with Crippen LogP contribution < -0.4 is 4.72 Å². The summed E-state index contributed by atoms with van der Waals surface area (Å²) in [5, 5.41) is 9.94. The maximum absolute atomic E-state index is 12.4. The molecule has 2 aromatic heterocycles. The molecule has 120 valence electrons. The zero-order chi connectivity index (χ0) is 16.6. The number of fused-ring (bicyclic) bond motifs is 1. The second-order valence-corrected chi connectivity index (χ2v) is 8.09. The van der Waals surface area contributed by atoms with E-state index in [1.807, 2.05) is 36.4 Å². The van der Waals surface area contributed by atoms with Gasteiger partial charge in [0.2, 0.25) is 0 Å². The van der Waals surface area contributed by atoms with E-state index in [-0.39, 0.29) is 4.21 Å². The Morgan fingerprint density at radius 2 is 1.83 bits per heavy atom. The Balaban J connectivity index is 1.76. The lowest BCUT2D eigenvalue weighted by Gasteiger charge is -2.06. The highest BCUT2D eigenvalue weighted by molar-refractivity contribution is 7.94. The number of anilines is 1. The second kappa shape index (κ2) is 5.77. The largest absolute Gasteiger partial charge is 0.279 e. The van der Waals surface area contributed by atoms with Crippen molar-refractivity contribution in [1.29, 1.82) is 0 Å². The Kier molecular flexibility index (Phi) is 3.59. The molecule has 0 atom stereocenters. The Bertz CT molecular complexity index is 1090. The van der Waals surface area contributed by atoms with Crippen LogP contribution in [-0.4, -0.2) is 18.6 Å². The number of benzene rings is 2. The molecule has 2 N–H and O–H groups in total. The molecular weight excluding hydrogens is 342 g/mol. The van der Waals surface area contributed by atoms with E-state index in [2.05, 4.69) is 14.9 Å². The average molecular weight is 355 g/mol. The van der Waals surface area contributed by atoms with Crippen molar-refractivity contribution in [3.8, 4) is 11.3 Å². The molecule has 5 nitrogen and oxygen atoms in total. The van der Waals surface area contributed by atoms with Crippen molar-refractivity contribution in [2.75, 3.05) is 4.72 Å². The number of rotatable bonds is 4. The molecule has 0 aliphatic rings. The van der Waals surface area contributed by atoms with Crippen molar-refractivity contribution < 1.29 is 8.42 Å². The Morgan fingerprint density at radius 1 is 1.00 bits per heavy atom. The van der Waals surface area contributed by atoms with Crippen LogP contribution in [-0.2, 0) is 10.0 Å². The first-order valence-corrected chi connectivity index (χ1v) is 9.60. The fraction of sp³-hybridized carbons (Fsp3) is 0. The van der Waals surface area contributed by atoms with Crippen molar-refractivity contribution in [3.63, 3.8) is 0 Å². The van der Waals surface area contributed by atoms with Gasteiger partial charge >= 0.3 is 0 Å². The molecule has 0 radical (unpaired) electrons. The highest BCUT2D eigenvalue weighted by atomic mass is 32.2. The molecule has 24 heavy (non-hydrogen) atoms. The maximum Gasteiger partial charge on any atom is 0.271 e. The smallest absolute Gasteiger partial charge is 0.271 e. The molecule has 0 aliphatic carbocycles. The number of nitrogens with one attached hydrogen (secondary N) is 2. The van der Waals surface area contributed by atoms with Crippen LogP contribution in [0.3, 0.4) is 0 Å². The minimum Gasteiger partial charge on any atom is -0.279 e. The maximum atomic E-state index is 12.4. The van der Waals surface area contributed by atoms with Crippen LogP contribution in [0, 0.1) is 0 Å². The molecule has 4 aromatic rings. The van der Waals surface area contributed by atoms with E-state index in [1.165, 1.54) is 11.3 Å². The monoisotopic (exact) mass is 355 g/mol. The number of nitrogens with zero attached hydrogens (tertiary/aromatic N) is 1. The van der Waals surface area contributed by atoms with E-state index in [0.717, 1.165) is 22.2 Å². The molecular formula is C17H13N3O2S2. The Morgan fingerprint density at radius 3 is 2.58 bits per heavy atom. The number of hydrogen-bond acceptors (Lipinski definition) is 4. The minimum absolute atomic E-state index is 0.290. The van der Waals surface area contributed by atoms with Gasteiger partial charge in [-0.1, -0.05) is 36.4 Å². The van der Waals surface area contributed by atoms with E-state index >= 15 is 0 Å². The Labute approximate surface area is 143 Å². The summed E-state index contributed by atoms with van der Waals surface area (Å²) in [5.41, 5.74) is 3.13. The van der Waals surface area contributed by atoms with Crippen molar-refractivity contribution in [1.82, 2.24) is 10.2 Å². The predicted octanol–water partition coefficient (Wildman–Crippen LogP) is 4.09. The molecule has 0 saturated heterocycles. The van der Waals surface area contributed by atoms with Gasteiger partial charge in [-0.3, -0.25) is 9.82 Å². The third-order valence-electron chi connectivity index (χ3n) is 3.62. The number of aromatic nitrogens is 2. The van der Waals surface area contributed by atoms with Crippen molar-refractivity contribution >= 4 is 38.0 Å². The van der Waals surface area contributed by atoms with Gasteiger partial charge in [-0.05, 0) is 29.6 Å². The highest BCUT2D eigenvalue weighted by Gasteiger charge is 2.16. The molecule has 2 heterocycles. The van der Waals surface area contributed by atoms with Crippen LogP contribution in [0.15, 0.2) is 70.3 Å². The van der Waals surface area contributed by atoms with Gasteiger partial charge < -0.3 is 0 Å². The third-order valence-corrected chi connectivity index (χ3v) is 6.40. The molecule has 0 amide bonds. The van der Waals surface area contributed by atoms with Crippen molar-refractivity contribution in [2.24, 2.45) is 0 Å². The van der Waals surface area contributed by atoms with Gasteiger partial charge in [0.15, 0.2) is 0 Å². The zero-order valence-electron chi connectivity index (χ0n) is 12.4. The summed E-state index contributed by atoms with van der Waals surface area (Å²) in [5.74, 6) is 0. The first-order chi connectivity index (χ1) is 11.6. The first-order valence-electron chi connectivity index (χ1n) is 7.23. The van der Waals surface area contributed by atoms with Crippen LogP contribution in [0.1, 0.15) is 0 Å². The van der Waals surface area contributed by atoms with E-state index in [4.69, 9.17) is 0 Å². The lowest BCUT2D eigenvalue weighted by molar-refractivity contribution is 0.603. The summed E-state index contributed by atoms with van der Waals surface area (Å²) in [6, 6.07) is 18.4. The fourth-order valence-corrected chi connectivity index (χ4v) is 4.56. The molecule has 2 aromatic carbocycles. The topological polar surface area (TPSA) is 74.8 Å². The van der Waals surface area contributed by atoms with E-state index in [0.29, 0.717) is 5.69 Å². The van der Waals surface area contributed by atoms with Crippen LogP contribution >= 0.6 is 11.3 Å². The summed E-state index contributed by atoms with van der Waals surface area (Å²) >= 11 is 1.19. The molecule has 0 spiro atoms. The van der Waals surface area contributed by atoms with Gasteiger partial charge in [0.25, 0.3) is 10.0 Å². The number of hydrogen-bond donors (Lipinski definition) is 2. The minimum atomic E-state index is -3.56. The summed E-state index contributed by atoms with van der Waals surface area (Å²) < 4.78 is 27.6. The van der Waals surface area contributed by atoms with Crippen LogP contribution in [0.25, 0.3) is 22.2 Å². The molecule has 4 rings (SSSR count). The molecule has 7 heteroatoms. The van der Waals surface area contributed by atoms with Crippen molar-refractivity contribution in [3.05, 3.63) is 66.0 Å². The highest BCUT2D eigenvalue weighted by Crippen LogP contribution is 2.29. The predicted molar refractivity (Wildman–Crippen MR) is 96.7 cm³/mol. The molecule has 0 unspecified atom stereocenters. The van der Waals surface area contributed by atoms with Crippen molar-refractivity contribution in [2.45, 2.75) is 4.21 Å². The van der Waals surface area contributed by atoms with Crippen LogP contribution in [0.4, 0.5) is 5.69 Å². The normalized spacial score (nSPS) is 11.7.